The molecule has 0 saturated carbocycles. The Morgan fingerprint density at radius 1 is 0.941 bits per heavy atom. The predicted molar refractivity (Wildman–Crippen MR) is 68.1 cm³/mol. The molecule has 0 aromatic carbocycles. The van der Waals surface area contributed by atoms with Gasteiger partial charge in [0, 0.05) is 11.8 Å². The number of hydrogen-bond donors (Lipinski definition) is 0. The Kier molecular flexibility index (Phi) is 4.32. The maximum absolute atomic E-state index is 5.50. The van der Waals surface area contributed by atoms with Crippen molar-refractivity contribution in [3.8, 4) is 0 Å². The van der Waals surface area contributed by atoms with Crippen LogP contribution in [0.25, 0.3) is 11.4 Å². The zero-order chi connectivity index (χ0) is 13.1. The third kappa shape index (κ3) is 3.32. The van der Waals surface area contributed by atoms with Crippen molar-refractivity contribution in [3.05, 3.63) is 11.8 Å². The Bertz CT molecular complexity index is 432. The van der Waals surface area contributed by atoms with E-state index in [4.69, 9.17) is 8.83 Å². The van der Waals surface area contributed by atoms with E-state index in [2.05, 4.69) is 23.8 Å². The van der Waals surface area contributed by atoms with Crippen LogP contribution in [0, 0.1) is 0 Å². The number of oxazole rings is 2. The van der Waals surface area contributed by atoms with Gasteiger partial charge < -0.3 is 8.83 Å². The van der Waals surface area contributed by atoms with Crippen LogP contribution in [-0.2, 0) is 11.8 Å². The van der Waals surface area contributed by atoms with Crippen molar-refractivity contribution in [3.63, 3.8) is 0 Å². The zero-order valence-corrected chi connectivity index (χ0v) is 11.6. The summed E-state index contributed by atoms with van der Waals surface area (Å²) in [5.74, 6) is 1.34. The van der Waals surface area contributed by atoms with Crippen molar-refractivity contribution in [2.24, 2.45) is 0 Å². The molecule has 2 aromatic heterocycles. The largest absolute Gasteiger partial charge is 0.420 e. The normalized spacial score (nSPS) is 11.4. The molecule has 2 rings (SSSR count). The van der Waals surface area contributed by atoms with Gasteiger partial charge in [-0.05, 0) is 0 Å². The molecule has 0 atom stereocenters. The molecular formula is C13H22N2O2. The van der Waals surface area contributed by atoms with Gasteiger partial charge in [0.15, 0.2) is 5.89 Å². The average Bonchev–Trinajstić information content (AvgIpc) is 2.73. The second kappa shape index (κ2) is 5.34. The lowest BCUT2D eigenvalue weighted by Gasteiger charge is -2.11. The maximum atomic E-state index is 5.50. The molecule has 0 bridgehead atoms. The Balaban J connectivity index is 0.000000437. The highest BCUT2D eigenvalue weighted by Gasteiger charge is 2.23. The minimum absolute atomic E-state index is 0.102. The number of hydrogen-bond acceptors (Lipinski definition) is 4. The molecule has 0 amide bonds. The van der Waals surface area contributed by atoms with Crippen molar-refractivity contribution >= 4 is 11.4 Å². The maximum Gasteiger partial charge on any atom is 0.288 e. The van der Waals surface area contributed by atoms with Gasteiger partial charge in [-0.1, -0.05) is 48.0 Å². The van der Waals surface area contributed by atoms with Gasteiger partial charge in [-0.15, -0.1) is 0 Å². The lowest BCUT2D eigenvalue weighted by atomic mass is 9.97. The number of rotatable bonds is 1. The third-order valence-electron chi connectivity index (χ3n) is 1.96. The van der Waals surface area contributed by atoms with Crippen molar-refractivity contribution in [2.45, 2.75) is 59.8 Å². The van der Waals surface area contributed by atoms with Crippen LogP contribution in [0.5, 0.6) is 0 Å². The Morgan fingerprint density at radius 2 is 1.47 bits per heavy atom. The molecule has 0 fully saturated rings. The fraction of sp³-hybridized carbons (Fsp3) is 0.692. The fourth-order valence-corrected chi connectivity index (χ4v) is 1.15. The van der Waals surface area contributed by atoms with Crippen LogP contribution in [0.15, 0.2) is 8.83 Å². The molecule has 4 heteroatoms. The molecule has 96 valence electrons. The standard InChI is InChI=1S/C10H14N2O2.C3H8/c1-5-6-11-7-8(13-6)12-9(14-7)10(2,3)4;1-3-2/h5H2,1-4H3;3H2,1-2H3. The summed E-state index contributed by atoms with van der Waals surface area (Å²) < 4.78 is 10.9. The number of aromatic nitrogens is 2. The molecule has 2 heterocycles. The summed E-state index contributed by atoms with van der Waals surface area (Å²) in [5, 5.41) is 0. The highest BCUT2D eigenvalue weighted by atomic mass is 16.4. The number of fused-ring (bicyclic) bond motifs is 1. The highest BCUT2D eigenvalue weighted by Crippen LogP contribution is 2.25. The van der Waals surface area contributed by atoms with Gasteiger partial charge >= 0.3 is 0 Å². The molecule has 0 N–H and O–H groups in total. The topological polar surface area (TPSA) is 52.1 Å². The summed E-state index contributed by atoms with van der Waals surface area (Å²) in [6, 6.07) is 0. The van der Waals surface area contributed by atoms with Crippen molar-refractivity contribution in [1.82, 2.24) is 9.97 Å². The van der Waals surface area contributed by atoms with Crippen LogP contribution < -0.4 is 0 Å². The first-order chi connectivity index (χ1) is 7.92. The summed E-state index contributed by atoms with van der Waals surface area (Å²) in [6.07, 6.45) is 2.01. The lowest BCUT2D eigenvalue weighted by Crippen LogP contribution is -2.11. The van der Waals surface area contributed by atoms with Crippen molar-refractivity contribution < 1.29 is 8.83 Å². The van der Waals surface area contributed by atoms with Gasteiger partial charge in [-0.2, -0.15) is 9.97 Å². The van der Waals surface area contributed by atoms with E-state index in [0.29, 0.717) is 23.2 Å². The van der Waals surface area contributed by atoms with Crippen molar-refractivity contribution in [2.75, 3.05) is 0 Å². The minimum atomic E-state index is -0.102. The molecule has 2 aromatic rings. The fourth-order valence-electron chi connectivity index (χ4n) is 1.15. The van der Waals surface area contributed by atoms with Gasteiger partial charge in [-0.25, -0.2) is 0 Å². The summed E-state index contributed by atoms with van der Waals surface area (Å²) in [6.45, 7) is 12.4. The first-order valence-electron chi connectivity index (χ1n) is 6.19. The predicted octanol–water partition coefficient (Wildman–Crippen LogP) is 4.09. The molecule has 0 saturated heterocycles. The number of aryl methyl sites for hydroxylation is 1. The molecule has 17 heavy (non-hydrogen) atoms. The zero-order valence-electron chi connectivity index (χ0n) is 11.6. The van der Waals surface area contributed by atoms with E-state index in [1.807, 2.05) is 27.7 Å². The first kappa shape index (κ1) is 13.7. The van der Waals surface area contributed by atoms with Gasteiger partial charge in [0.2, 0.25) is 5.89 Å². The van der Waals surface area contributed by atoms with Gasteiger partial charge in [0.25, 0.3) is 11.4 Å². The quantitative estimate of drug-likeness (QED) is 0.750. The van der Waals surface area contributed by atoms with Crippen LogP contribution in [0.3, 0.4) is 0 Å². The van der Waals surface area contributed by atoms with Crippen LogP contribution >= 0.6 is 0 Å². The van der Waals surface area contributed by atoms with E-state index < -0.39 is 0 Å². The first-order valence-corrected chi connectivity index (χ1v) is 6.19. The summed E-state index contributed by atoms with van der Waals surface area (Å²) in [7, 11) is 0. The van der Waals surface area contributed by atoms with Crippen LogP contribution in [-0.4, -0.2) is 9.97 Å². The molecule has 0 spiro atoms. The molecular weight excluding hydrogens is 216 g/mol. The van der Waals surface area contributed by atoms with E-state index in [-0.39, 0.29) is 5.41 Å². The molecule has 4 nitrogen and oxygen atoms in total. The van der Waals surface area contributed by atoms with Crippen molar-refractivity contribution in [1.29, 1.82) is 0 Å². The van der Waals surface area contributed by atoms with Crippen LogP contribution in [0.4, 0.5) is 0 Å². The smallest absolute Gasteiger partial charge is 0.288 e. The Labute approximate surface area is 102 Å². The molecule has 0 aliphatic carbocycles. The van der Waals surface area contributed by atoms with Gasteiger partial charge in [0.05, 0.1) is 0 Å². The Morgan fingerprint density at radius 3 is 1.88 bits per heavy atom. The molecule has 0 aliphatic heterocycles. The lowest BCUT2D eigenvalue weighted by molar-refractivity contribution is 0.403. The monoisotopic (exact) mass is 238 g/mol. The summed E-state index contributed by atoms with van der Waals surface area (Å²) in [4.78, 5) is 8.43. The van der Waals surface area contributed by atoms with E-state index in [1.54, 1.807) is 0 Å². The van der Waals surface area contributed by atoms with E-state index >= 15 is 0 Å². The number of nitrogens with zero attached hydrogens (tertiary/aromatic N) is 2. The molecule has 0 radical (unpaired) electrons. The van der Waals surface area contributed by atoms with Gasteiger partial charge in [-0.3, -0.25) is 0 Å². The van der Waals surface area contributed by atoms with E-state index in [9.17, 15) is 0 Å². The van der Waals surface area contributed by atoms with E-state index in [0.717, 1.165) is 6.42 Å². The SMILES string of the molecule is CCC.CCc1nc2oc(C(C)(C)C)nc2o1. The second-order valence-electron chi connectivity index (χ2n) is 5.05. The summed E-state index contributed by atoms with van der Waals surface area (Å²) >= 11 is 0. The second-order valence-corrected chi connectivity index (χ2v) is 5.05. The highest BCUT2D eigenvalue weighted by molar-refractivity contribution is 5.60. The Hall–Kier alpha value is -1.32. The minimum Gasteiger partial charge on any atom is -0.420 e. The van der Waals surface area contributed by atoms with Gasteiger partial charge in [0.1, 0.15) is 0 Å². The van der Waals surface area contributed by atoms with E-state index in [1.165, 1.54) is 6.42 Å². The van der Waals surface area contributed by atoms with Crippen LogP contribution in [0.1, 0.15) is 59.7 Å². The third-order valence-corrected chi connectivity index (χ3v) is 1.96. The molecule has 0 unspecified atom stereocenters. The summed E-state index contributed by atoms with van der Waals surface area (Å²) in [5.41, 5.74) is 0.911. The average molecular weight is 238 g/mol. The molecule has 0 aliphatic rings. The van der Waals surface area contributed by atoms with Crippen LogP contribution in [0.2, 0.25) is 0 Å².